The number of nitrogens with zero attached hydrogens (tertiary/aromatic N) is 1. The van der Waals surface area contributed by atoms with Crippen LogP contribution in [-0.4, -0.2) is 17.6 Å². The van der Waals surface area contributed by atoms with Gasteiger partial charge in [-0.25, -0.2) is 0 Å². The molecule has 130 valence electrons. The maximum atomic E-state index is 12.1. The Kier molecular flexibility index (Phi) is 5.08. The fourth-order valence-corrected chi connectivity index (χ4v) is 2.99. The highest BCUT2D eigenvalue weighted by Crippen LogP contribution is 2.19. The van der Waals surface area contributed by atoms with Crippen LogP contribution in [0.1, 0.15) is 23.2 Å². The van der Waals surface area contributed by atoms with Gasteiger partial charge in [0.2, 0.25) is 5.91 Å². The molecule has 0 aliphatic rings. The first-order chi connectivity index (χ1) is 12.1. The predicted octanol–water partition coefficient (Wildman–Crippen LogP) is 3.74. The highest BCUT2D eigenvalue weighted by Gasteiger charge is 2.06. The Morgan fingerprint density at radius 2 is 1.80 bits per heavy atom. The Labute approximate surface area is 148 Å². The summed E-state index contributed by atoms with van der Waals surface area (Å²) in [6, 6.07) is 16.3. The van der Waals surface area contributed by atoms with Gasteiger partial charge < -0.3 is 14.6 Å². The Bertz CT molecular complexity index is 879. The van der Waals surface area contributed by atoms with Gasteiger partial charge in [0.25, 0.3) is 0 Å². The van der Waals surface area contributed by atoms with Crippen molar-refractivity contribution in [1.29, 1.82) is 0 Å². The third-order valence-corrected chi connectivity index (χ3v) is 4.64. The van der Waals surface area contributed by atoms with Crippen molar-refractivity contribution < 1.29 is 9.53 Å². The van der Waals surface area contributed by atoms with E-state index in [1.165, 1.54) is 16.6 Å². The van der Waals surface area contributed by atoms with E-state index in [1.807, 2.05) is 24.3 Å². The van der Waals surface area contributed by atoms with E-state index in [9.17, 15) is 4.79 Å². The SMILES string of the molecule is COc1ccc(CCC(=O)NCc2ccc3c(c2)cc(C)n3C)cc1. The van der Waals surface area contributed by atoms with Gasteiger partial charge in [0.1, 0.15) is 5.75 Å². The van der Waals surface area contributed by atoms with Gasteiger partial charge in [-0.2, -0.15) is 0 Å². The third-order valence-electron chi connectivity index (χ3n) is 4.64. The first-order valence-electron chi connectivity index (χ1n) is 8.51. The van der Waals surface area contributed by atoms with Crippen LogP contribution in [0.25, 0.3) is 10.9 Å². The lowest BCUT2D eigenvalue weighted by Crippen LogP contribution is -2.22. The Balaban J connectivity index is 1.53. The fraction of sp³-hybridized carbons (Fsp3) is 0.286. The molecule has 0 aliphatic heterocycles. The summed E-state index contributed by atoms with van der Waals surface area (Å²) in [5.41, 5.74) is 4.70. The molecule has 25 heavy (non-hydrogen) atoms. The molecule has 4 nitrogen and oxygen atoms in total. The number of fused-ring (bicyclic) bond motifs is 1. The Morgan fingerprint density at radius 3 is 2.52 bits per heavy atom. The number of rotatable bonds is 6. The van der Waals surface area contributed by atoms with Gasteiger partial charge in [-0.05, 0) is 54.8 Å². The third kappa shape index (κ3) is 4.02. The van der Waals surface area contributed by atoms with E-state index < -0.39 is 0 Å². The van der Waals surface area contributed by atoms with Crippen LogP contribution in [-0.2, 0) is 24.8 Å². The molecule has 1 N–H and O–H groups in total. The monoisotopic (exact) mass is 336 g/mol. The topological polar surface area (TPSA) is 43.3 Å². The van der Waals surface area contributed by atoms with Gasteiger partial charge in [-0.1, -0.05) is 18.2 Å². The largest absolute Gasteiger partial charge is 0.497 e. The number of carbonyl (C=O) groups is 1. The number of ether oxygens (including phenoxy) is 1. The van der Waals surface area contributed by atoms with Crippen LogP contribution < -0.4 is 10.1 Å². The van der Waals surface area contributed by atoms with Crippen LogP contribution in [0.3, 0.4) is 0 Å². The summed E-state index contributed by atoms with van der Waals surface area (Å²) in [5.74, 6) is 0.903. The molecule has 0 bridgehead atoms. The number of benzene rings is 2. The van der Waals surface area contributed by atoms with Crippen molar-refractivity contribution in [2.45, 2.75) is 26.3 Å². The molecule has 1 heterocycles. The van der Waals surface area contributed by atoms with Crippen LogP contribution in [0.5, 0.6) is 5.75 Å². The van der Waals surface area contributed by atoms with Crippen molar-refractivity contribution in [2.75, 3.05) is 7.11 Å². The van der Waals surface area contributed by atoms with E-state index in [0.29, 0.717) is 13.0 Å². The highest BCUT2D eigenvalue weighted by atomic mass is 16.5. The smallest absolute Gasteiger partial charge is 0.220 e. The zero-order chi connectivity index (χ0) is 17.8. The molecular formula is C21H24N2O2. The van der Waals surface area contributed by atoms with Gasteiger partial charge in [-0.3, -0.25) is 4.79 Å². The molecule has 0 fully saturated rings. The summed E-state index contributed by atoms with van der Waals surface area (Å²) in [6.45, 7) is 2.66. The maximum Gasteiger partial charge on any atom is 0.220 e. The number of aryl methyl sites for hydroxylation is 3. The van der Waals surface area contributed by atoms with E-state index in [-0.39, 0.29) is 5.91 Å². The second-order valence-corrected chi connectivity index (χ2v) is 6.36. The van der Waals surface area contributed by atoms with E-state index in [0.717, 1.165) is 23.3 Å². The van der Waals surface area contributed by atoms with Crippen LogP contribution in [0.15, 0.2) is 48.5 Å². The number of hydrogen-bond donors (Lipinski definition) is 1. The fourth-order valence-electron chi connectivity index (χ4n) is 2.99. The predicted molar refractivity (Wildman–Crippen MR) is 101 cm³/mol. The number of hydrogen-bond acceptors (Lipinski definition) is 2. The summed E-state index contributed by atoms with van der Waals surface area (Å²) < 4.78 is 7.31. The summed E-state index contributed by atoms with van der Waals surface area (Å²) in [7, 11) is 3.72. The molecule has 0 atom stereocenters. The molecule has 0 unspecified atom stereocenters. The minimum absolute atomic E-state index is 0.0696. The van der Waals surface area contributed by atoms with Crippen LogP contribution in [0.2, 0.25) is 0 Å². The average Bonchev–Trinajstić information content (AvgIpc) is 2.92. The van der Waals surface area contributed by atoms with Crippen molar-refractivity contribution >= 4 is 16.8 Å². The van der Waals surface area contributed by atoms with Gasteiger partial charge in [-0.15, -0.1) is 0 Å². The molecule has 0 aliphatic carbocycles. The second kappa shape index (κ2) is 7.43. The van der Waals surface area contributed by atoms with Gasteiger partial charge in [0.05, 0.1) is 7.11 Å². The van der Waals surface area contributed by atoms with E-state index in [4.69, 9.17) is 4.74 Å². The van der Waals surface area contributed by atoms with Crippen LogP contribution >= 0.6 is 0 Å². The molecule has 4 heteroatoms. The minimum Gasteiger partial charge on any atom is -0.497 e. The molecule has 0 radical (unpaired) electrons. The molecule has 1 aromatic heterocycles. The average molecular weight is 336 g/mol. The van der Waals surface area contributed by atoms with Crippen molar-refractivity contribution in [2.24, 2.45) is 7.05 Å². The number of amides is 1. The Morgan fingerprint density at radius 1 is 1.08 bits per heavy atom. The number of nitrogens with one attached hydrogen (secondary N) is 1. The van der Waals surface area contributed by atoms with E-state index in [2.05, 4.69) is 48.1 Å². The standard InChI is InChI=1S/C21H24N2O2/c1-15-12-18-13-17(6-10-20(18)23(15)2)14-22-21(24)11-7-16-4-8-19(25-3)9-5-16/h4-6,8-10,12-13H,7,11,14H2,1-3H3,(H,22,24). The molecular weight excluding hydrogens is 312 g/mol. The highest BCUT2D eigenvalue weighted by molar-refractivity contribution is 5.82. The first-order valence-corrected chi connectivity index (χ1v) is 8.51. The Hall–Kier alpha value is -2.75. The quantitative estimate of drug-likeness (QED) is 0.745. The summed E-state index contributed by atoms with van der Waals surface area (Å²) >= 11 is 0. The molecule has 0 spiro atoms. The van der Waals surface area contributed by atoms with Crippen molar-refractivity contribution in [3.63, 3.8) is 0 Å². The van der Waals surface area contributed by atoms with E-state index in [1.54, 1.807) is 7.11 Å². The molecule has 1 amide bonds. The lowest BCUT2D eigenvalue weighted by atomic mass is 10.1. The first kappa shape index (κ1) is 17.1. The maximum absolute atomic E-state index is 12.1. The molecule has 0 saturated carbocycles. The zero-order valence-electron chi connectivity index (χ0n) is 15.0. The molecule has 3 aromatic rings. The zero-order valence-corrected chi connectivity index (χ0v) is 15.0. The van der Waals surface area contributed by atoms with Gasteiger partial charge in [0.15, 0.2) is 0 Å². The molecule has 2 aromatic carbocycles. The van der Waals surface area contributed by atoms with Crippen molar-refractivity contribution in [3.8, 4) is 5.75 Å². The number of aromatic nitrogens is 1. The molecule has 0 saturated heterocycles. The minimum atomic E-state index is 0.0696. The van der Waals surface area contributed by atoms with Gasteiger partial charge in [0, 0.05) is 36.6 Å². The van der Waals surface area contributed by atoms with Crippen LogP contribution in [0, 0.1) is 6.92 Å². The molecule has 3 rings (SSSR count). The summed E-state index contributed by atoms with van der Waals surface area (Å²) in [6.07, 6.45) is 1.21. The normalized spacial score (nSPS) is 10.8. The summed E-state index contributed by atoms with van der Waals surface area (Å²) in [5, 5.41) is 4.22. The second-order valence-electron chi connectivity index (χ2n) is 6.36. The number of methoxy groups -OCH3 is 1. The lowest BCUT2D eigenvalue weighted by molar-refractivity contribution is -0.121. The van der Waals surface area contributed by atoms with Crippen molar-refractivity contribution in [1.82, 2.24) is 9.88 Å². The summed E-state index contributed by atoms with van der Waals surface area (Å²) in [4.78, 5) is 12.1. The van der Waals surface area contributed by atoms with Crippen LogP contribution in [0.4, 0.5) is 0 Å². The number of carbonyl (C=O) groups excluding carboxylic acids is 1. The van der Waals surface area contributed by atoms with Crippen molar-refractivity contribution in [3.05, 3.63) is 65.4 Å². The lowest BCUT2D eigenvalue weighted by Gasteiger charge is -2.07. The van der Waals surface area contributed by atoms with Gasteiger partial charge >= 0.3 is 0 Å². The van der Waals surface area contributed by atoms with E-state index >= 15 is 0 Å².